The fourth-order valence-electron chi connectivity index (χ4n) is 2.69. The molecule has 104 valence electrons. The summed E-state index contributed by atoms with van der Waals surface area (Å²) >= 11 is 0. The number of aliphatic carboxylic acids is 1. The van der Waals surface area contributed by atoms with Gasteiger partial charge in [-0.05, 0) is 30.6 Å². The lowest BCUT2D eigenvalue weighted by Gasteiger charge is -2.36. The summed E-state index contributed by atoms with van der Waals surface area (Å²) in [6.07, 6.45) is 2.98. The van der Waals surface area contributed by atoms with Crippen molar-refractivity contribution in [3.63, 3.8) is 0 Å². The number of hydrogen-bond donors (Lipinski definition) is 1. The van der Waals surface area contributed by atoms with Gasteiger partial charge >= 0.3 is 11.9 Å². The predicted molar refractivity (Wildman–Crippen MR) is 68.1 cm³/mol. The topological polar surface area (TPSA) is 63.6 Å². The van der Waals surface area contributed by atoms with E-state index in [-0.39, 0.29) is 24.9 Å². The summed E-state index contributed by atoms with van der Waals surface area (Å²) in [6, 6.07) is 0. The van der Waals surface area contributed by atoms with Crippen LogP contribution in [0.3, 0.4) is 0 Å². The summed E-state index contributed by atoms with van der Waals surface area (Å²) in [7, 11) is 0. The monoisotopic (exact) mass is 256 g/mol. The largest absolute Gasteiger partial charge is 0.481 e. The zero-order chi connectivity index (χ0) is 13.7. The highest BCUT2D eigenvalue weighted by molar-refractivity contribution is 5.76. The van der Waals surface area contributed by atoms with Gasteiger partial charge in [-0.15, -0.1) is 0 Å². The summed E-state index contributed by atoms with van der Waals surface area (Å²) < 4.78 is 5.48. The van der Waals surface area contributed by atoms with Gasteiger partial charge in [-0.3, -0.25) is 9.59 Å². The molecule has 0 spiro atoms. The van der Waals surface area contributed by atoms with E-state index in [1.54, 1.807) is 0 Å². The second-order valence-electron chi connectivity index (χ2n) is 5.75. The van der Waals surface area contributed by atoms with Crippen LogP contribution in [0.1, 0.15) is 52.9 Å². The van der Waals surface area contributed by atoms with Crippen molar-refractivity contribution in [3.8, 4) is 0 Å². The lowest BCUT2D eigenvalue weighted by Crippen LogP contribution is -2.35. The van der Waals surface area contributed by atoms with E-state index in [1.165, 1.54) is 6.42 Å². The number of hydrogen-bond acceptors (Lipinski definition) is 3. The van der Waals surface area contributed by atoms with Crippen LogP contribution in [0.5, 0.6) is 0 Å². The first kappa shape index (κ1) is 15.0. The molecule has 0 saturated heterocycles. The average molecular weight is 256 g/mol. The first-order chi connectivity index (χ1) is 8.40. The minimum Gasteiger partial charge on any atom is -0.481 e. The molecule has 0 aliphatic heterocycles. The molecule has 0 aromatic rings. The minimum absolute atomic E-state index is 0.0228. The quantitative estimate of drug-likeness (QED) is 0.768. The molecule has 18 heavy (non-hydrogen) atoms. The average Bonchev–Trinajstić information content (AvgIpc) is 2.26. The van der Waals surface area contributed by atoms with Gasteiger partial charge in [0.05, 0.1) is 12.8 Å². The molecule has 4 heteroatoms. The fraction of sp³-hybridized carbons (Fsp3) is 0.857. The fourth-order valence-corrected chi connectivity index (χ4v) is 2.69. The normalized spacial score (nSPS) is 28.1. The van der Waals surface area contributed by atoms with Crippen molar-refractivity contribution in [2.24, 2.45) is 17.8 Å². The maximum absolute atomic E-state index is 11.6. The van der Waals surface area contributed by atoms with Crippen LogP contribution in [0.25, 0.3) is 0 Å². The summed E-state index contributed by atoms with van der Waals surface area (Å²) in [5, 5.41) is 8.54. The third-order valence-corrected chi connectivity index (χ3v) is 3.79. The van der Waals surface area contributed by atoms with E-state index in [2.05, 4.69) is 20.8 Å². The molecule has 1 aliphatic carbocycles. The molecule has 0 amide bonds. The maximum Gasteiger partial charge on any atom is 0.306 e. The van der Waals surface area contributed by atoms with Gasteiger partial charge in [0.15, 0.2) is 0 Å². The lowest BCUT2D eigenvalue weighted by atomic mass is 9.75. The number of carboxylic acid groups (broad SMARTS) is 1. The zero-order valence-electron chi connectivity index (χ0n) is 11.5. The molecule has 4 nitrogen and oxygen atoms in total. The molecule has 0 bridgehead atoms. The summed E-state index contributed by atoms with van der Waals surface area (Å²) in [5.41, 5.74) is 0. The third kappa shape index (κ3) is 4.67. The highest BCUT2D eigenvalue weighted by Gasteiger charge is 2.33. The van der Waals surface area contributed by atoms with Crippen LogP contribution in [0.4, 0.5) is 0 Å². The Labute approximate surface area is 109 Å². The SMILES string of the molecule is CC(C)[C@@H]1CC[C@@H](C)CC1OC(=O)CCC(=O)O. The highest BCUT2D eigenvalue weighted by atomic mass is 16.5. The van der Waals surface area contributed by atoms with Crippen molar-refractivity contribution < 1.29 is 19.4 Å². The van der Waals surface area contributed by atoms with Gasteiger partial charge in [0.25, 0.3) is 0 Å². The molecule has 1 unspecified atom stereocenters. The second-order valence-corrected chi connectivity index (χ2v) is 5.75. The molecule has 1 saturated carbocycles. The van der Waals surface area contributed by atoms with Gasteiger partial charge < -0.3 is 9.84 Å². The Morgan fingerprint density at radius 1 is 1.28 bits per heavy atom. The number of carbonyl (C=O) groups is 2. The molecule has 1 rings (SSSR count). The van der Waals surface area contributed by atoms with Crippen LogP contribution in [0.15, 0.2) is 0 Å². The van der Waals surface area contributed by atoms with E-state index in [1.807, 2.05) is 0 Å². The number of esters is 1. The molecule has 0 aromatic heterocycles. The first-order valence-electron chi connectivity index (χ1n) is 6.81. The van der Waals surface area contributed by atoms with E-state index in [0.717, 1.165) is 12.8 Å². The Hall–Kier alpha value is -1.06. The van der Waals surface area contributed by atoms with Gasteiger partial charge in [-0.25, -0.2) is 0 Å². The molecule has 0 radical (unpaired) electrons. The van der Waals surface area contributed by atoms with Crippen LogP contribution in [0, 0.1) is 17.8 Å². The van der Waals surface area contributed by atoms with Crippen molar-refractivity contribution >= 4 is 11.9 Å². The molecular formula is C14H24O4. The predicted octanol–water partition coefficient (Wildman–Crippen LogP) is 2.86. The molecule has 3 atom stereocenters. The van der Waals surface area contributed by atoms with E-state index in [9.17, 15) is 9.59 Å². The van der Waals surface area contributed by atoms with Crippen molar-refractivity contribution in [2.75, 3.05) is 0 Å². The van der Waals surface area contributed by atoms with Crippen LogP contribution in [-0.2, 0) is 14.3 Å². The molecule has 1 N–H and O–H groups in total. The number of carboxylic acids is 1. The molecule has 1 aliphatic rings. The zero-order valence-corrected chi connectivity index (χ0v) is 11.5. The van der Waals surface area contributed by atoms with Crippen LogP contribution in [-0.4, -0.2) is 23.1 Å². The van der Waals surface area contributed by atoms with Gasteiger partial charge in [0, 0.05) is 0 Å². The van der Waals surface area contributed by atoms with E-state index in [4.69, 9.17) is 9.84 Å². The standard InChI is InChI=1S/C14H24O4/c1-9(2)11-5-4-10(3)8-12(11)18-14(17)7-6-13(15)16/h9-12H,4-8H2,1-3H3,(H,15,16)/t10-,11+,12?/m1/s1. The molecule has 1 fully saturated rings. The molecule has 0 heterocycles. The van der Waals surface area contributed by atoms with E-state index < -0.39 is 5.97 Å². The summed E-state index contributed by atoms with van der Waals surface area (Å²) in [6.45, 7) is 6.48. The van der Waals surface area contributed by atoms with Crippen molar-refractivity contribution in [2.45, 2.75) is 59.0 Å². The van der Waals surface area contributed by atoms with Crippen LogP contribution in [0.2, 0.25) is 0 Å². The van der Waals surface area contributed by atoms with Crippen molar-refractivity contribution in [1.82, 2.24) is 0 Å². The van der Waals surface area contributed by atoms with Gasteiger partial charge in [0.1, 0.15) is 6.10 Å². The van der Waals surface area contributed by atoms with Gasteiger partial charge in [-0.2, -0.15) is 0 Å². The molecule has 0 aromatic carbocycles. The van der Waals surface area contributed by atoms with Crippen molar-refractivity contribution in [3.05, 3.63) is 0 Å². The number of rotatable bonds is 5. The summed E-state index contributed by atoms with van der Waals surface area (Å²) in [5.74, 6) is 0.161. The lowest BCUT2D eigenvalue weighted by molar-refractivity contribution is -0.158. The minimum atomic E-state index is -0.954. The Balaban J connectivity index is 2.49. The second kappa shape index (κ2) is 6.76. The Kier molecular flexibility index (Phi) is 5.63. The van der Waals surface area contributed by atoms with Gasteiger partial charge in [-0.1, -0.05) is 27.2 Å². The van der Waals surface area contributed by atoms with Crippen molar-refractivity contribution in [1.29, 1.82) is 0 Å². The summed E-state index contributed by atoms with van der Waals surface area (Å²) in [4.78, 5) is 22.0. The van der Waals surface area contributed by atoms with Gasteiger partial charge in [0.2, 0.25) is 0 Å². The van der Waals surface area contributed by atoms with E-state index in [0.29, 0.717) is 17.8 Å². The number of carbonyl (C=O) groups excluding carboxylic acids is 1. The Bertz CT molecular complexity index is 298. The number of ether oxygens (including phenoxy) is 1. The Morgan fingerprint density at radius 3 is 2.50 bits per heavy atom. The molecular weight excluding hydrogens is 232 g/mol. The highest BCUT2D eigenvalue weighted by Crippen LogP contribution is 2.35. The van der Waals surface area contributed by atoms with Crippen LogP contribution >= 0.6 is 0 Å². The van der Waals surface area contributed by atoms with Crippen LogP contribution < -0.4 is 0 Å². The first-order valence-corrected chi connectivity index (χ1v) is 6.81. The maximum atomic E-state index is 11.6. The Morgan fingerprint density at radius 2 is 1.94 bits per heavy atom. The smallest absolute Gasteiger partial charge is 0.306 e. The third-order valence-electron chi connectivity index (χ3n) is 3.79. The van der Waals surface area contributed by atoms with E-state index >= 15 is 0 Å².